The van der Waals surface area contributed by atoms with Crippen LogP contribution in [0.25, 0.3) is 0 Å². The number of rotatable bonds is 7. The molecule has 3 unspecified atom stereocenters. The fourth-order valence-corrected chi connectivity index (χ4v) is 6.34. The first-order valence-corrected chi connectivity index (χ1v) is 13.8. The predicted octanol–water partition coefficient (Wildman–Crippen LogP) is 2.78. The van der Waals surface area contributed by atoms with Crippen molar-refractivity contribution in [3.63, 3.8) is 0 Å². The molecular formula is C29H38N4O4. The average molecular weight is 507 g/mol. The zero-order valence-corrected chi connectivity index (χ0v) is 21.9. The molecule has 1 aromatic rings. The lowest BCUT2D eigenvalue weighted by atomic mass is 10.0. The van der Waals surface area contributed by atoms with Gasteiger partial charge in [-0.15, -0.1) is 0 Å². The molecule has 0 bridgehead atoms. The lowest BCUT2D eigenvalue weighted by Gasteiger charge is -2.29. The van der Waals surface area contributed by atoms with Crippen molar-refractivity contribution in [3.05, 3.63) is 42.0 Å². The zero-order chi connectivity index (χ0) is 26.1. The number of nitrogens with zero attached hydrogens (tertiary/aromatic N) is 3. The molecule has 1 aromatic carbocycles. The van der Waals surface area contributed by atoms with Gasteiger partial charge >= 0.3 is 0 Å². The summed E-state index contributed by atoms with van der Waals surface area (Å²) in [5.74, 6) is -0.496. The largest absolute Gasteiger partial charge is 0.372 e. The lowest BCUT2D eigenvalue weighted by molar-refractivity contribution is -0.138. The van der Waals surface area contributed by atoms with E-state index < -0.39 is 12.1 Å². The van der Waals surface area contributed by atoms with Crippen LogP contribution in [-0.2, 0) is 14.4 Å². The second kappa shape index (κ2) is 10.7. The molecule has 198 valence electrons. The summed E-state index contributed by atoms with van der Waals surface area (Å²) < 4.78 is 0. The summed E-state index contributed by atoms with van der Waals surface area (Å²) >= 11 is 0. The first kappa shape index (κ1) is 25.5. The van der Waals surface area contributed by atoms with Gasteiger partial charge < -0.3 is 20.0 Å². The quantitative estimate of drug-likeness (QED) is 0.575. The Bertz CT molecular complexity index is 1070. The molecular weight excluding hydrogens is 468 g/mol. The number of amides is 3. The van der Waals surface area contributed by atoms with E-state index in [0.29, 0.717) is 37.8 Å². The highest BCUT2D eigenvalue weighted by atomic mass is 16.2. The average Bonchev–Trinajstić information content (AvgIpc) is 3.69. The van der Waals surface area contributed by atoms with Crippen molar-refractivity contribution in [3.8, 4) is 0 Å². The van der Waals surface area contributed by atoms with E-state index in [2.05, 4.69) is 10.2 Å². The molecule has 0 spiro atoms. The predicted molar refractivity (Wildman–Crippen MR) is 141 cm³/mol. The summed E-state index contributed by atoms with van der Waals surface area (Å²) in [5.41, 5.74) is 1.63. The van der Waals surface area contributed by atoms with E-state index in [4.69, 9.17) is 0 Å². The van der Waals surface area contributed by atoms with E-state index in [1.165, 1.54) is 12.8 Å². The highest BCUT2D eigenvalue weighted by Gasteiger charge is 2.52. The summed E-state index contributed by atoms with van der Waals surface area (Å²) in [6.07, 6.45) is 8.90. The summed E-state index contributed by atoms with van der Waals surface area (Å²) in [7, 11) is 0. The molecule has 3 atom stereocenters. The Morgan fingerprint density at radius 3 is 2.30 bits per heavy atom. The molecule has 5 rings (SSSR count). The van der Waals surface area contributed by atoms with Crippen LogP contribution in [0.4, 0.5) is 5.69 Å². The Hall–Kier alpha value is -3.16. The zero-order valence-electron chi connectivity index (χ0n) is 21.9. The van der Waals surface area contributed by atoms with Gasteiger partial charge in [-0.3, -0.25) is 19.2 Å². The Morgan fingerprint density at radius 1 is 0.973 bits per heavy atom. The Kier molecular flexibility index (Phi) is 7.36. The van der Waals surface area contributed by atoms with E-state index >= 15 is 0 Å². The van der Waals surface area contributed by atoms with Crippen LogP contribution in [0.3, 0.4) is 0 Å². The molecule has 4 aliphatic rings. The maximum absolute atomic E-state index is 13.7. The van der Waals surface area contributed by atoms with Gasteiger partial charge in [0.2, 0.25) is 11.8 Å². The fourth-order valence-electron chi connectivity index (χ4n) is 6.34. The van der Waals surface area contributed by atoms with E-state index in [1.54, 1.807) is 9.80 Å². The fraction of sp³-hybridized carbons (Fsp3) is 0.586. The number of carbonyl (C=O) groups excluding carboxylic acids is 4. The molecule has 8 heteroatoms. The van der Waals surface area contributed by atoms with Gasteiger partial charge in [0, 0.05) is 36.8 Å². The van der Waals surface area contributed by atoms with Gasteiger partial charge in [0.25, 0.3) is 5.91 Å². The minimum Gasteiger partial charge on any atom is -0.372 e. The summed E-state index contributed by atoms with van der Waals surface area (Å²) in [4.78, 5) is 58.6. The highest BCUT2D eigenvalue weighted by Crippen LogP contribution is 2.33. The van der Waals surface area contributed by atoms with E-state index in [9.17, 15) is 19.2 Å². The maximum Gasteiger partial charge on any atom is 0.251 e. The van der Waals surface area contributed by atoms with Crippen molar-refractivity contribution in [1.29, 1.82) is 0 Å². The van der Waals surface area contributed by atoms with E-state index in [1.807, 2.05) is 50.3 Å². The van der Waals surface area contributed by atoms with Crippen LogP contribution >= 0.6 is 0 Å². The smallest absolute Gasteiger partial charge is 0.251 e. The van der Waals surface area contributed by atoms with Crippen LogP contribution in [0.5, 0.6) is 0 Å². The van der Waals surface area contributed by atoms with Gasteiger partial charge in [0.1, 0.15) is 12.1 Å². The van der Waals surface area contributed by atoms with Crippen LogP contribution in [0.1, 0.15) is 62.7 Å². The number of carbonyl (C=O) groups is 4. The van der Waals surface area contributed by atoms with Gasteiger partial charge in [-0.25, -0.2) is 0 Å². The third-order valence-electron chi connectivity index (χ3n) is 8.26. The summed E-state index contributed by atoms with van der Waals surface area (Å²) in [6, 6.07) is 5.96. The van der Waals surface area contributed by atoms with Crippen LogP contribution in [-0.4, -0.2) is 77.6 Å². The third-order valence-corrected chi connectivity index (χ3v) is 8.26. The molecule has 3 fully saturated rings. The van der Waals surface area contributed by atoms with E-state index in [-0.39, 0.29) is 47.9 Å². The SMILES string of the molecule is CC(C)CC(NC(=O)c1ccc(N2CCCC2)cc1)C(=O)N1CCC2C1C(=O)CN2C(=O)C1CC=CC1. The lowest BCUT2D eigenvalue weighted by Crippen LogP contribution is -2.53. The van der Waals surface area contributed by atoms with Crippen LogP contribution < -0.4 is 10.2 Å². The standard InChI is InChI=1S/C29H38N4O4/c1-19(2)17-23(30-27(35)20-9-11-22(12-10-20)31-14-5-6-15-31)29(37)32-16-13-24-26(32)25(34)18-33(24)28(36)21-7-3-4-8-21/h3-4,9-12,19,21,23-24,26H,5-8,13-18H2,1-2H3,(H,30,35). The van der Waals surface area contributed by atoms with Crippen molar-refractivity contribution in [2.24, 2.45) is 11.8 Å². The molecule has 1 N–H and O–H groups in total. The molecule has 3 amide bonds. The molecule has 3 saturated heterocycles. The molecule has 0 radical (unpaired) electrons. The number of fused-ring (bicyclic) bond motifs is 1. The molecule has 8 nitrogen and oxygen atoms in total. The number of hydrogen-bond donors (Lipinski definition) is 1. The van der Waals surface area contributed by atoms with Crippen molar-refractivity contribution < 1.29 is 19.2 Å². The summed E-state index contributed by atoms with van der Waals surface area (Å²) in [6.45, 7) is 6.59. The van der Waals surface area contributed by atoms with Crippen LogP contribution in [0.15, 0.2) is 36.4 Å². The van der Waals surface area contributed by atoms with Crippen LogP contribution in [0, 0.1) is 11.8 Å². The van der Waals surface area contributed by atoms with Crippen molar-refractivity contribution >= 4 is 29.2 Å². The number of hydrogen-bond acceptors (Lipinski definition) is 5. The summed E-state index contributed by atoms with van der Waals surface area (Å²) in [5, 5.41) is 2.96. The third kappa shape index (κ3) is 5.15. The van der Waals surface area contributed by atoms with E-state index in [0.717, 1.165) is 18.8 Å². The first-order valence-electron chi connectivity index (χ1n) is 13.8. The Morgan fingerprint density at radius 2 is 1.65 bits per heavy atom. The second-order valence-corrected chi connectivity index (χ2v) is 11.3. The second-order valence-electron chi connectivity index (χ2n) is 11.3. The molecule has 3 heterocycles. The normalized spacial score (nSPS) is 24.3. The molecule has 0 aromatic heterocycles. The van der Waals surface area contributed by atoms with Gasteiger partial charge in [-0.2, -0.15) is 0 Å². The van der Waals surface area contributed by atoms with Gasteiger partial charge in [-0.1, -0.05) is 26.0 Å². The molecule has 3 aliphatic heterocycles. The molecule has 0 saturated carbocycles. The number of ketones is 1. The highest BCUT2D eigenvalue weighted by molar-refractivity contribution is 6.01. The number of likely N-dealkylation sites (tertiary alicyclic amines) is 2. The van der Waals surface area contributed by atoms with Crippen molar-refractivity contribution in [2.45, 2.75) is 70.5 Å². The topological polar surface area (TPSA) is 90.0 Å². The number of benzene rings is 1. The minimum absolute atomic E-state index is 0.0181. The number of allylic oxidation sites excluding steroid dienone is 2. The van der Waals surface area contributed by atoms with Gasteiger partial charge in [0.15, 0.2) is 5.78 Å². The minimum atomic E-state index is -0.721. The maximum atomic E-state index is 13.7. The van der Waals surface area contributed by atoms with Gasteiger partial charge in [-0.05, 0) is 68.7 Å². The van der Waals surface area contributed by atoms with Gasteiger partial charge in [0.05, 0.1) is 12.6 Å². The number of nitrogens with one attached hydrogen (secondary N) is 1. The van der Waals surface area contributed by atoms with Crippen LogP contribution in [0.2, 0.25) is 0 Å². The number of anilines is 1. The number of Topliss-reactive ketones (excluding diaryl/α,β-unsaturated/α-hetero) is 1. The Balaban J connectivity index is 1.27. The van der Waals surface area contributed by atoms with Crippen molar-refractivity contribution in [2.75, 3.05) is 31.1 Å². The molecule has 1 aliphatic carbocycles. The Labute approximate surface area is 219 Å². The molecule has 37 heavy (non-hydrogen) atoms. The van der Waals surface area contributed by atoms with Crippen molar-refractivity contribution in [1.82, 2.24) is 15.1 Å². The monoisotopic (exact) mass is 506 g/mol. The first-order chi connectivity index (χ1) is 17.8.